The number of imidazole rings is 1. The number of aromatic nitrogens is 2. The van der Waals surface area contributed by atoms with Gasteiger partial charge in [-0.3, -0.25) is 19.2 Å². The Bertz CT molecular complexity index is 703. The van der Waals surface area contributed by atoms with E-state index >= 15 is 0 Å². The average molecular weight is 296 g/mol. The molecule has 0 saturated carbocycles. The standard InChI is InChI=1S/C13H14ClN3O3/c1-9(2)16-6-5-15(13(16)18)8-10-3-4-11(14)7-12(10)17(19)20/h3-7,9H,8H2,1-2H3. The van der Waals surface area contributed by atoms with Crippen molar-refractivity contribution in [3.63, 3.8) is 0 Å². The van der Waals surface area contributed by atoms with Crippen LogP contribution in [0, 0.1) is 10.1 Å². The summed E-state index contributed by atoms with van der Waals surface area (Å²) < 4.78 is 3.01. The van der Waals surface area contributed by atoms with E-state index in [2.05, 4.69) is 0 Å². The quantitative estimate of drug-likeness (QED) is 0.643. The van der Waals surface area contributed by atoms with Crippen molar-refractivity contribution in [3.05, 3.63) is 61.8 Å². The Hall–Kier alpha value is -2.08. The number of nitro benzene ring substituents is 1. The SMILES string of the molecule is CC(C)n1ccn(Cc2ccc(Cl)cc2[N+](=O)[O-])c1=O. The van der Waals surface area contributed by atoms with Crippen molar-refractivity contribution in [2.24, 2.45) is 0 Å². The predicted molar refractivity (Wildman–Crippen MR) is 76.3 cm³/mol. The van der Waals surface area contributed by atoms with Crippen LogP contribution in [0.2, 0.25) is 5.02 Å². The molecule has 0 radical (unpaired) electrons. The summed E-state index contributed by atoms with van der Waals surface area (Å²) >= 11 is 5.76. The highest BCUT2D eigenvalue weighted by atomic mass is 35.5. The molecule has 0 saturated heterocycles. The maximum Gasteiger partial charge on any atom is 0.328 e. The number of halogens is 1. The summed E-state index contributed by atoms with van der Waals surface area (Å²) in [5.41, 5.74) is 0.175. The van der Waals surface area contributed by atoms with Crippen molar-refractivity contribution in [2.75, 3.05) is 0 Å². The first-order chi connectivity index (χ1) is 9.40. The zero-order valence-corrected chi connectivity index (χ0v) is 11.9. The van der Waals surface area contributed by atoms with Crippen molar-refractivity contribution < 1.29 is 4.92 Å². The summed E-state index contributed by atoms with van der Waals surface area (Å²) in [6, 6.07) is 4.49. The van der Waals surface area contributed by atoms with Crippen LogP contribution in [0.5, 0.6) is 0 Å². The molecule has 1 aromatic carbocycles. The van der Waals surface area contributed by atoms with Crippen LogP contribution in [0.1, 0.15) is 25.5 Å². The van der Waals surface area contributed by atoms with Gasteiger partial charge in [0.1, 0.15) is 0 Å². The molecule has 0 atom stereocenters. The average Bonchev–Trinajstić information content (AvgIpc) is 2.73. The molecule has 0 aliphatic carbocycles. The molecule has 0 aliphatic rings. The summed E-state index contributed by atoms with van der Waals surface area (Å²) in [7, 11) is 0. The van der Waals surface area contributed by atoms with Crippen LogP contribution in [-0.2, 0) is 6.54 Å². The molecule has 0 bridgehead atoms. The third kappa shape index (κ3) is 2.75. The van der Waals surface area contributed by atoms with Gasteiger partial charge in [0.05, 0.1) is 11.5 Å². The van der Waals surface area contributed by atoms with Crippen LogP contribution < -0.4 is 5.69 Å². The molecule has 20 heavy (non-hydrogen) atoms. The molecule has 7 heteroatoms. The second kappa shape index (κ2) is 5.50. The Labute approximate surface area is 120 Å². The van der Waals surface area contributed by atoms with E-state index in [1.54, 1.807) is 29.1 Å². The van der Waals surface area contributed by atoms with Crippen molar-refractivity contribution in [3.8, 4) is 0 Å². The number of hydrogen-bond donors (Lipinski definition) is 0. The van der Waals surface area contributed by atoms with Crippen molar-refractivity contribution in [1.29, 1.82) is 0 Å². The van der Waals surface area contributed by atoms with E-state index in [0.717, 1.165) is 0 Å². The lowest BCUT2D eigenvalue weighted by Crippen LogP contribution is -2.25. The molecule has 106 valence electrons. The maximum absolute atomic E-state index is 12.1. The lowest BCUT2D eigenvalue weighted by Gasteiger charge is -2.06. The van der Waals surface area contributed by atoms with E-state index in [1.807, 2.05) is 13.8 Å². The zero-order valence-electron chi connectivity index (χ0n) is 11.1. The number of benzene rings is 1. The smallest absolute Gasteiger partial charge is 0.297 e. The largest absolute Gasteiger partial charge is 0.328 e. The van der Waals surface area contributed by atoms with E-state index in [4.69, 9.17) is 11.6 Å². The summed E-state index contributed by atoms with van der Waals surface area (Å²) in [6.45, 7) is 3.94. The molecule has 1 heterocycles. The molecule has 6 nitrogen and oxygen atoms in total. The van der Waals surface area contributed by atoms with Gasteiger partial charge >= 0.3 is 5.69 Å². The number of hydrogen-bond acceptors (Lipinski definition) is 3. The second-order valence-electron chi connectivity index (χ2n) is 4.74. The molecule has 1 aromatic heterocycles. The van der Waals surface area contributed by atoms with Crippen molar-refractivity contribution in [2.45, 2.75) is 26.4 Å². The van der Waals surface area contributed by atoms with Crippen LogP contribution in [-0.4, -0.2) is 14.1 Å². The summed E-state index contributed by atoms with van der Waals surface area (Å²) in [5, 5.41) is 11.3. The van der Waals surface area contributed by atoms with E-state index in [1.165, 1.54) is 10.6 Å². The first kappa shape index (κ1) is 14.3. The minimum absolute atomic E-state index is 0.0453. The minimum Gasteiger partial charge on any atom is -0.297 e. The normalized spacial score (nSPS) is 11.0. The molecule has 0 amide bonds. The van der Waals surface area contributed by atoms with Gasteiger partial charge < -0.3 is 0 Å². The summed E-state index contributed by atoms with van der Waals surface area (Å²) in [4.78, 5) is 22.6. The number of nitro groups is 1. The van der Waals surface area contributed by atoms with Gasteiger partial charge in [0.2, 0.25) is 0 Å². The Morgan fingerprint density at radius 2 is 2.05 bits per heavy atom. The van der Waals surface area contributed by atoms with Gasteiger partial charge in [-0.1, -0.05) is 11.6 Å². The van der Waals surface area contributed by atoms with E-state index in [9.17, 15) is 14.9 Å². The highest BCUT2D eigenvalue weighted by Crippen LogP contribution is 2.23. The third-order valence-electron chi connectivity index (χ3n) is 3.01. The molecule has 2 aromatic rings. The monoisotopic (exact) mass is 295 g/mol. The lowest BCUT2D eigenvalue weighted by atomic mass is 10.2. The fourth-order valence-corrected chi connectivity index (χ4v) is 2.13. The van der Waals surface area contributed by atoms with Crippen LogP contribution in [0.25, 0.3) is 0 Å². The Balaban J connectivity index is 2.40. The van der Waals surface area contributed by atoms with Gasteiger partial charge in [0.15, 0.2) is 0 Å². The molecule has 0 aliphatic heterocycles. The first-order valence-electron chi connectivity index (χ1n) is 6.10. The van der Waals surface area contributed by atoms with E-state index in [0.29, 0.717) is 10.6 Å². The topological polar surface area (TPSA) is 70.1 Å². The summed E-state index contributed by atoms with van der Waals surface area (Å²) in [6.07, 6.45) is 3.30. The molecular weight excluding hydrogens is 282 g/mol. The van der Waals surface area contributed by atoms with Gasteiger partial charge in [0.25, 0.3) is 5.69 Å². The number of nitrogens with zero attached hydrogens (tertiary/aromatic N) is 3. The first-order valence-corrected chi connectivity index (χ1v) is 6.48. The second-order valence-corrected chi connectivity index (χ2v) is 5.18. The van der Waals surface area contributed by atoms with Gasteiger partial charge in [-0.25, -0.2) is 4.79 Å². The Kier molecular flexibility index (Phi) is 3.94. The van der Waals surface area contributed by atoms with Crippen molar-refractivity contribution in [1.82, 2.24) is 9.13 Å². The van der Waals surface area contributed by atoms with Gasteiger partial charge in [-0.2, -0.15) is 0 Å². The van der Waals surface area contributed by atoms with Crippen LogP contribution in [0.3, 0.4) is 0 Å². The van der Waals surface area contributed by atoms with Crippen LogP contribution in [0.4, 0.5) is 5.69 Å². The van der Waals surface area contributed by atoms with Gasteiger partial charge in [0, 0.05) is 35.1 Å². The van der Waals surface area contributed by atoms with Gasteiger partial charge in [-0.05, 0) is 26.0 Å². The fourth-order valence-electron chi connectivity index (χ4n) is 1.97. The maximum atomic E-state index is 12.1. The molecule has 2 rings (SSSR count). The fraction of sp³-hybridized carbons (Fsp3) is 0.308. The van der Waals surface area contributed by atoms with Gasteiger partial charge in [-0.15, -0.1) is 0 Å². The van der Waals surface area contributed by atoms with Crippen LogP contribution in [0.15, 0.2) is 35.4 Å². The molecule has 0 N–H and O–H groups in total. The number of rotatable bonds is 4. The molecular formula is C13H14ClN3O3. The van der Waals surface area contributed by atoms with Crippen LogP contribution >= 0.6 is 11.6 Å². The van der Waals surface area contributed by atoms with E-state index in [-0.39, 0.29) is 24.0 Å². The highest BCUT2D eigenvalue weighted by Gasteiger charge is 2.16. The summed E-state index contributed by atoms with van der Waals surface area (Å²) in [5.74, 6) is 0. The Morgan fingerprint density at radius 3 is 2.60 bits per heavy atom. The molecule has 0 fully saturated rings. The molecule has 0 unspecified atom stereocenters. The highest BCUT2D eigenvalue weighted by molar-refractivity contribution is 6.30. The van der Waals surface area contributed by atoms with E-state index < -0.39 is 4.92 Å². The molecule has 0 spiro atoms. The Morgan fingerprint density at radius 1 is 1.35 bits per heavy atom. The predicted octanol–water partition coefficient (Wildman–Crippen LogP) is 2.84. The minimum atomic E-state index is -0.494. The third-order valence-corrected chi connectivity index (χ3v) is 3.25. The lowest BCUT2D eigenvalue weighted by molar-refractivity contribution is -0.385. The zero-order chi connectivity index (χ0) is 14.9. The van der Waals surface area contributed by atoms with Crippen molar-refractivity contribution >= 4 is 17.3 Å².